The van der Waals surface area contributed by atoms with Crippen molar-refractivity contribution in [1.29, 1.82) is 0 Å². The fourth-order valence-electron chi connectivity index (χ4n) is 2.25. The third-order valence-electron chi connectivity index (χ3n) is 3.49. The Morgan fingerprint density at radius 3 is 2.50 bits per heavy atom. The van der Waals surface area contributed by atoms with Gasteiger partial charge in [-0.25, -0.2) is 13.2 Å². The fraction of sp³-hybridized carbons (Fsp3) is 0.500. The Kier molecular flexibility index (Phi) is 4.24. The number of sulfone groups is 1. The second-order valence-electron chi connectivity index (χ2n) is 4.70. The number of amides is 1. The van der Waals surface area contributed by atoms with Gasteiger partial charge in [0.05, 0.1) is 15.8 Å². The molecule has 1 fully saturated rings. The summed E-state index contributed by atoms with van der Waals surface area (Å²) in [5, 5.41) is 8.30. The van der Waals surface area contributed by atoms with Crippen LogP contribution in [-0.4, -0.2) is 47.8 Å². The molecule has 8 heteroatoms. The van der Waals surface area contributed by atoms with Gasteiger partial charge in [0.1, 0.15) is 0 Å². The second-order valence-corrected chi connectivity index (χ2v) is 6.93. The van der Waals surface area contributed by atoms with Crippen molar-refractivity contribution in [2.75, 3.05) is 13.1 Å². The van der Waals surface area contributed by atoms with Crippen LogP contribution in [0.2, 0.25) is 0 Å². The number of likely N-dealkylation sites (tertiary alicyclic amines) is 1. The minimum Gasteiger partial charge on any atom is -0.465 e. The number of carboxylic acid groups (broad SMARTS) is 1. The molecule has 1 saturated heterocycles. The van der Waals surface area contributed by atoms with E-state index in [9.17, 15) is 13.2 Å². The van der Waals surface area contributed by atoms with Crippen LogP contribution in [-0.2, 0) is 16.4 Å². The van der Waals surface area contributed by atoms with E-state index in [1.807, 2.05) is 0 Å². The number of carbonyl (C=O) groups is 1. The predicted molar refractivity (Wildman–Crippen MR) is 71.9 cm³/mol. The van der Waals surface area contributed by atoms with Gasteiger partial charge in [0, 0.05) is 25.8 Å². The van der Waals surface area contributed by atoms with E-state index in [0.29, 0.717) is 18.5 Å². The van der Waals surface area contributed by atoms with E-state index < -0.39 is 21.2 Å². The average molecular weight is 299 g/mol. The largest absolute Gasteiger partial charge is 0.465 e. The summed E-state index contributed by atoms with van der Waals surface area (Å²) in [5.41, 5.74) is 6.05. The third-order valence-corrected chi connectivity index (χ3v) is 5.73. The van der Waals surface area contributed by atoms with Crippen molar-refractivity contribution >= 4 is 15.9 Å². The lowest BCUT2D eigenvalue weighted by Crippen LogP contribution is -2.41. The van der Waals surface area contributed by atoms with Gasteiger partial charge in [-0.05, 0) is 25.0 Å². The molecule has 0 atom stereocenters. The van der Waals surface area contributed by atoms with E-state index in [2.05, 4.69) is 4.98 Å². The lowest BCUT2D eigenvalue weighted by Gasteiger charge is -2.29. The highest BCUT2D eigenvalue weighted by Crippen LogP contribution is 2.24. The summed E-state index contributed by atoms with van der Waals surface area (Å²) >= 11 is 0. The zero-order valence-corrected chi connectivity index (χ0v) is 11.7. The van der Waals surface area contributed by atoms with Gasteiger partial charge in [0.2, 0.25) is 0 Å². The summed E-state index contributed by atoms with van der Waals surface area (Å²) in [6.45, 7) is 0.748. The van der Waals surface area contributed by atoms with Crippen molar-refractivity contribution < 1.29 is 18.3 Å². The van der Waals surface area contributed by atoms with Crippen LogP contribution in [0.15, 0.2) is 23.2 Å². The molecule has 0 saturated carbocycles. The van der Waals surface area contributed by atoms with Crippen LogP contribution in [0.5, 0.6) is 0 Å². The number of hydrogen-bond acceptors (Lipinski definition) is 5. The van der Waals surface area contributed by atoms with Gasteiger partial charge in [-0.15, -0.1) is 0 Å². The van der Waals surface area contributed by atoms with Gasteiger partial charge in [-0.3, -0.25) is 4.98 Å². The van der Waals surface area contributed by atoms with Crippen molar-refractivity contribution in [3.05, 3.63) is 24.0 Å². The van der Waals surface area contributed by atoms with Crippen LogP contribution in [0.3, 0.4) is 0 Å². The molecule has 1 aliphatic heterocycles. The molecule has 2 heterocycles. The molecule has 20 heavy (non-hydrogen) atoms. The summed E-state index contributed by atoms with van der Waals surface area (Å²) < 4.78 is 24.9. The molecule has 1 aromatic rings. The number of nitrogens with two attached hydrogens (primary N) is 1. The average Bonchev–Trinajstić information content (AvgIpc) is 2.47. The second kappa shape index (κ2) is 5.76. The smallest absolute Gasteiger partial charge is 0.407 e. The SMILES string of the molecule is NCc1ccc(S(=O)(=O)C2CCN(C(=O)O)CC2)cn1. The zero-order valence-electron chi connectivity index (χ0n) is 10.9. The first-order chi connectivity index (χ1) is 9.45. The van der Waals surface area contributed by atoms with Crippen LogP contribution in [0, 0.1) is 0 Å². The highest BCUT2D eigenvalue weighted by Gasteiger charge is 2.32. The van der Waals surface area contributed by atoms with Gasteiger partial charge < -0.3 is 15.7 Å². The maximum absolute atomic E-state index is 12.4. The Hall–Kier alpha value is -1.67. The lowest BCUT2D eigenvalue weighted by atomic mass is 10.1. The fourth-order valence-corrected chi connectivity index (χ4v) is 3.92. The Morgan fingerprint density at radius 2 is 2.05 bits per heavy atom. The van der Waals surface area contributed by atoms with E-state index in [0.717, 1.165) is 0 Å². The molecule has 0 bridgehead atoms. The van der Waals surface area contributed by atoms with Gasteiger partial charge in [0.25, 0.3) is 0 Å². The molecule has 0 aromatic carbocycles. The molecule has 1 aliphatic rings. The minimum absolute atomic E-state index is 0.170. The molecular formula is C12H17N3O4S. The van der Waals surface area contributed by atoms with Gasteiger partial charge >= 0.3 is 6.09 Å². The zero-order chi connectivity index (χ0) is 14.8. The Balaban J connectivity index is 2.13. The first-order valence-corrected chi connectivity index (χ1v) is 7.86. The standard InChI is InChI=1S/C12H17N3O4S/c13-7-9-1-2-11(8-14-9)20(18,19)10-3-5-15(6-4-10)12(16)17/h1-2,8,10H,3-7,13H2,(H,16,17). The highest BCUT2D eigenvalue weighted by molar-refractivity contribution is 7.92. The monoisotopic (exact) mass is 299 g/mol. The van der Waals surface area contributed by atoms with E-state index >= 15 is 0 Å². The van der Waals surface area contributed by atoms with Crippen LogP contribution < -0.4 is 5.73 Å². The van der Waals surface area contributed by atoms with Crippen molar-refractivity contribution in [3.8, 4) is 0 Å². The molecule has 7 nitrogen and oxygen atoms in total. The molecule has 2 rings (SSSR count). The minimum atomic E-state index is -3.46. The van der Waals surface area contributed by atoms with Crippen LogP contribution >= 0.6 is 0 Å². The van der Waals surface area contributed by atoms with E-state index in [4.69, 9.17) is 10.8 Å². The molecule has 110 valence electrons. The quantitative estimate of drug-likeness (QED) is 0.838. The number of pyridine rings is 1. The van der Waals surface area contributed by atoms with Crippen LogP contribution in [0.25, 0.3) is 0 Å². The number of piperidine rings is 1. The summed E-state index contributed by atoms with van der Waals surface area (Å²) in [6.07, 6.45) is 0.941. The summed E-state index contributed by atoms with van der Waals surface area (Å²) in [4.78, 5) is 16.2. The number of aromatic nitrogens is 1. The summed E-state index contributed by atoms with van der Waals surface area (Å²) in [5.74, 6) is 0. The lowest BCUT2D eigenvalue weighted by molar-refractivity contribution is 0.136. The molecule has 0 radical (unpaired) electrons. The first-order valence-electron chi connectivity index (χ1n) is 6.32. The molecule has 1 amide bonds. The summed E-state index contributed by atoms with van der Waals surface area (Å²) in [7, 11) is -3.46. The van der Waals surface area contributed by atoms with Crippen LogP contribution in [0.4, 0.5) is 4.79 Å². The Morgan fingerprint density at radius 1 is 1.40 bits per heavy atom. The number of nitrogens with zero attached hydrogens (tertiary/aromatic N) is 2. The van der Waals surface area contributed by atoms with Gasteiger partial charge in [0.15, 0.2) is 9.84 Å². The van der Waals surface area contributed by atoms with E-state index in [1.54, 1.807) is 6.07 Å². The first kappa shape index (κ1) is 14.7. The van der Waals surface area contributed by atoms with Gasteiger partial charge in [-0.1, -0.05) is 0 Å². The van der Waals surface area contributed by atoms with Crippen molar-refractivity contribution in [3.63, 3.8) is 0 Å². The van der Waals surface area contributed by atoms with Crippen molar-refractivity contribution in [1.82, 2.24) is 9.88 Å². The molecule has 1 aromatic heterocycles. The molecule has 0 aliphatic carbocycles. The molecular weight excluding hydrogens is 282 g/mol. The number of rotatable bonds is 3. The third kappa shape index (κ3) is 2.91. The Bertz CT molecular complexity index is 577. The molecule has 3 N–H and O–H groups in total. The highest BCUT2D eigenvalue weighted by atomic mass is 32.2. The van der Waals surface area contributed by atoms with Crippen molar-refractivity contribution in [2.45, 2.75) is 29.5 Å². The predicted octanol–water partition coefficient (Wildman–Crippen LogP) is 0.456. The molecule has 0 spiro atoms. The van der Waals surface area contributed by atoms with E-state index in [1.165, 1.54) is 17.2 Å². The normalized spacial score (nSPS) is 17.1. The van der Waals surface area contributed by atoms with Crippen molar-refractivity contribution in [2.24, 2.45) is 5.73 Å². The maximum Gasteiger partial charge on any atom is 0.407 e. The van der Waals surface area contributed by atoms with Crippen LogP contribution in [0.1, 0.15) is 18.5 Å². The van der Waals surface area contributed by atoms with Gasteiger partial charge in [-0.2, -0.15) is 0 Å². The number of hydrogen-bond donors (Lipinski definition) is 2. The van der Waals surface area contributed by atoms with E-state index in [-0.39, 0.29) is 24.5 Å². The maximum atomic E-state index is 12.4. The summed E-state index contributed by atoms with van der Waals surface area (Å²) in [6, 6.07) is 3.10. The topological polar surface area (TPSA) is 114 Å². The molecule has 0 unspecified atom stereocenters. The Labute approximate surface area is 117 Å².